The molecule has 1 saturated heterocycles. The van der Waals surface area contributed by atoms with Crippen LogP contribution in [0.2, 0.25) is 0 Å². The van der Waals surface area contributed by atoms with Crippen LogP contribution >= 0.6 is 0 Å². The molecule has 2 N–H and O–H groups in total. The number of hydrogen-bond donors (Lipinski definition) is 1. The molecule has 0 spiro atoms. The Hall–Kier alpha value is -0.870. The smallest absolute Gasteiger partial charge is 0.0951 e. The van der Waals surface area contributed by atoms with Crippen LogP contribution in [-0.4, -0.2) is 41.1 Å². The summed E-state index contributed by atoms with van der Waals surface area (Å²) in [5, 5.41) is 0. The molecular weight excluding hydrogens is 164 g/mol. The Kier molecular flexibility index (Phi) is 2.33. The number of imidazole rings is 1. The van der Waals surface area contributed by atoms with Crippen LogP contribution in [0, 0.1) is 0 Å². The van der Waals surface area contributed by atoms with E-state index in [0.717, 1.165) is 19.5 Å². The monoisotopic (exact) mass is 180 g/mol. The first-order valence-electron chi connectivity index (χ1n) is 4.70. The van der Waals surface area contributed by atoms with Crippen LogP contribution in [0.25, 0.3) is 0 Å². The fraction of sp³-hybridized carbons (Fsp3) is 0.667. The molecule has 1 aliphatic rings. The van der Waals surface area contributed by atoms with E-state index in [2.05, 4.69) is 21.5 Å². The zero-order chi connectivity index (χ0) is 9.26. The molecule has 1 aliphatic heterocycles. The highest BCUT2D eigenvalue weighted by molar-refractivity contribution is 5.03. The van der Waals surface area contributed by atoms with Gasteiger partial charge < -0.3 is 15.2 Å². The maximum atomic E-state index is 5.52. The zero-order valence-corrected chi connectivity index (χ0v) is 7.98. The third kappa shape index (κ3) is 1.59. The number of rotatable bonds is 3. The van der Waals surface area contributed by atoms with E-state index in [1.165, 1.54) is 5.69 Å². The van der Waals surface area contributed by atoms with E-state index in [1.807, 2.05) is 12.5 Å². The van der Waals surface area contributed by atoms with Gasteiger partial charge in [0.15, 0.2) is 0 Å². The second-order valence-electron chi connectivity index (χ2n) is 3.71. The fourth-order valence-electron chi connectivity index (χ4n) is 1.84. The summed E-state index contributed by atoms with van der Waals surface area (Å²) in [6, 6.07) is 0.619. The van der Waals surface area contributed by atoms with Crippen molar-refractivity contribution in [2.24, 2.45) is 5.73 Å². The van der Waals surface area contributed by atoms with Gasteiger partial charge in [-0.25, -0.2) is 4.98 Å². The summed E-state index contributed by atoms with van der Waals surface area (Å²) >= 11 is 0. The Morgan fingerprint density at radius 1 is 1.62 bits per heavy atom. The minimum absolute atomic E-state index is 0.619. The summed E-state index contributed by atoms with van der Waals surface area (Å²) in [5.41, 5.74) is 6.79. The molecule has 72 valence electrons. The first-order chi connectivity index (χ1) is 6.31. The van der Waals surface area contributed by atoms with Gasteiger partial charge >= 0.3 is 0 Å². The van der Waals surface area contributed by atoms with Gasteiger partial charge in [0.05, 0.1) is 12.4 Å². The van der Waals surface area contributed by atoms with Gasteiger partial charge in [-0.05, 0) is 13.6 Å². The molecule has 0 amide bonds. The van der Waals surface area contributed by atoms with Crippen LogP contribution in [0.1, 0.15) is 11.7 Å². The Bertz CT molecular complexity index is 275. The number of nitrogens with zero attached hydrogens (tertiary/aromatic N) is 3. The maximum Gasteiger partial charge on any atom is 0.0951 e. The van der Waals surface area contributed by atoms with E-state index in [4.69, 9.17) is 5.73 Å². The average Bonchev–Trinajstić information content (AvgIpc) is 2.48. The average molecular weight is 180 g/mol. The number of aromatic nitrogens is 2. The number of likely N-dealkylation sites (tertiary alicyclic amines) is 1. The number of hydrogen-bond acceptors (Lipinski definition) is 3. The topological polar surface area (TPSA) is 47.1 Å². The molecule has 0 bridgehead atoms. The minimum atomic E-state index is 0.619. The van der Waals surface area contributed by atoms with E-state index in [9.17, 15) is 0 Å². The summed E-state index contributed by atoms with van der Waals surface area (Å²) in [6.07, 6.45) is 4.77. The number of likely N-dealkylation sites (N-methyl/N-ethyl adjacent to an activating group) is 1. The first kappa shape index (κ1) is 8.72. The Balaban J connectivity index is 2.06. The van der Waals surface area contributed by atoms with E-state index in [1.54, 1.807) is 0 Å². The van der Waals surface area contributed by atoms with Crippen LogP contribution in [0.15, 0.2) is 12.5 Å². The quantitative estimate of drug-likeness (QED) is 0.705. The third-order valence-electron chi connectivity index (χ3n) is 2.58. The van der Waals surface area contributed by atoms with Crippen molar-refractivity contribution in [2.45, 2.75) is 12.5 Å². The Morgan fingerprint density at radius 3 is 3.00 bits per heavy atom. The molecule has 1 aromatic heterocycles. The van der Waals surface area contributed by atoms with E-state index < -0.39 is 0 Å². The lowest BCUT2D eigenvalue weighted by molar-refractivity contribution is 0.138. The van der Waals surface area contributed by atoms with Crippen molar-refractivity contribution in [1.82, 2.24) is 14.5 Å². The van der Waals surface area contributed by atoms with Gasteiger partial charge in [-0.3, -0.25) is 0 Å². The standard InChI is InChI=1S/C9H16N4/c1-12-5-9(6-12)13-7-11-4-8(13)2-3-10/h4,7,9H,2-3,5-6,10H2,1H3. The van der Waals surface area contributed by atoms with E-state index in [-0.39, 0.29) is 0 Å². The lowest BCUT2D eigenvalue weighted by Crippen LogP contribution is -2.45. The second kappa shape index (κ2) is 3.47. The van der Waals surface area contributed by atoms with Gasteiger partial charge in [0, 0.05) is 31.4 Å². The zero-order valence-electron chi connectivity index (χ0n) is 7.98. The van der Waals surface area contributed by atoms with Crippen molar-refractivity contribution < 1.29 is 0 Å². The van der Waals surface area contributed by atoms with Gasteiger partial charge in [-0.2, -0.15) is 0 Å². The maximum absolute atomic E-state index is 5.52. The highest BCUT2D eigenvalue weighted by Crippen LogP contribution is 2.20. The molecule has 4 nitrogen and oxygen atoms in total. The lowest BCUT2D eigenvalue weighted by Gasteiger charge is -2.37. The highest BCUT2D eigenvalue weighted by Gasteiger charge is 2.25. The number of nitrogens with two attached hydrogens (primary N) is 1. The van der Waals surface area contributed by atoms with Crippen molar-refractivity contribution in [3.05, 3.63) is 18.2 Å². The Morgan fingerprint density at radius 2 is 2.38 bits per heavy atom. The van der Waals surface area contributed by atoms with Crippen molar-refractivity contribution >= 4 is 0 Å². The minimum Gasteiger partial charge on any atom is -0.330 e. The second-order valence-corrected chi connectivity index (χ2v) is 3.71. The first-order valence-corrected chi connectivity index (χ1v) is 4.70. The molecule has 0 aromatic carbocycles. The predicted octanol–water partition coefficient (Wildman–Crippen LogP) is -0.129. The van der Waals surface area contributed by atoms with Gasteiger partial charge in [0.2, 0.25) is 0 Å². The summed E-state index contributed by atoms with van der Waals surface area (Å²) in [4.78, 5) is 6.46. The summed E-state index contributed by atoms with van der Waals surface area (Å²) < 4.78 is 2.26. The van der Waals surface area contributed by atoms with Crippen LogP contribution < -0.4 is 5.73 Å². The van der Waals surface area contributed by atoms with Gasteiger partial charge in [0.25, 0.3) is 0 Å². The predicted molar refractivity (Wildman–Crippen MR) is 51.5 cm³/mol. The molecular formula is C9H16N4. The van der Waals surface area contributed by atoms with Crippen molar-refractivity contribution in [3.63, 3.8) is 0 Å². The van der Waals surface area contributed by atoms with E-state index >= 15 is 0 Å². The molecule has 4 heteroatoms. The largest absolute Gasteiger partial charge is 0.330 e. The van der Waals surface area contributed by atoms with Crippen LogP contribution in [0.3, 0.4) is 0 Å². The Labute approximate surface area is 78.4 Å². The molecule has 2 rings (SSSR count). The molecule has 1 aromatic rings. The molecule has 13 heavy (non-hydrogen) atoms. The van der Waals surface area contributed by atoms with Gasteiger partial charge in [-0.1, -0.05) is 0 Å². The highest BCUT2D eigenvalue weighted by atomic mass is 15.3. The van der Waals surface area contributed by atoms with Crippen molar-refractivity contribution in [3.8, 4) is 0 Å². The third-order valence-corrected chi connectivity index (χ3v) is 2.58. The van der Waals surface area contributed by atoms with Crippen molar-refractivity contribution in [2.75, 3.05) is 26.7 Å². The van der Waals surface area contributed by atoms with Gasteiger partial charge in [-0.15, -0.1) is 0 Å². The molecule has 0 aliphatic carbocycles. The van der Waals surface area contributed by atoms with Gasteiger partial charge in [0.1, 0.15) is 0 Å². The molecule has 2 heterocycles. The molecule has 1 fully saturated rings. The normalized spacial score (nSPS) is 18.9. The summed E-state index contributed by atoms with van der Waals surface area (Å²) in [5.74, 6) is 0. The van der Waals surface area contributed by atoms with Crippen LogP contribution in [0.5, 0.6) is 0 Å². The summed E-state index contributed by atoms with van der Waals surface area (Å²) in [6.45, 7) is 2.97. The van der Waals surface area contributed by atoms with Crippen LogP contribution in [-0.2, 0) is 6.42 Å². The van der Waals surface area contributed by atoms with Crippen LogP contribution in [0.4, 0.5) is 0 Å². The molecule has 0 saturated carbocycles. The van der Waals surface area contributed by atoms with Crippen molar-refractivity contribution in [1.29, 1.82) is 0 Å². The van der Waals surface area contributed by atoms with E-state index in [0.29, 0.717) is 12.6 Å². The molecule has 0 radical (unpaired) electrons. The molecule has 0 unspecified atom stereocenters. The molecule has 0 atom stereocenters. The summed E-state index contributed by atoms with van der Waals surface area (Å²) in [7, 11) is 2.13. The SMILES string of the molecule is CN1CC(n2cncc2CCN)C1. The fourth-order valence-corrected chi connectivity index (χ4v) is 1.84. The lowest BCUT2D eigenvalue weighted by atomic mass is 10.1.